The van der Waals surface area contributed by atoms with Crippen LogP contribution < -0.4 is 24.6 Å². The summed E-state index contributed by atoms with van der Waals surface area (Å²) in [5, 5.41) is 3.22. The maximum absolute atomic E-state index is 13.1. The van der Waals surface area contributed by atoms with E-state index in [1.807, 2.05) is 36.4 Å². The van der Waals surface area contributed by atoms with Gasteiger partial charge in [-0.2, -0.15) is 4.98 Å². The van der Waals surface area contributed by atoms with Gasteiger partial charge in [0.05, 0.1) is 0 Å². The minimum Gasteiger partial charge on any atom is -0.454 e. The number of nitrogens with zero attached hydrogens (tertiary/aromatic N) is 4. The average molecular weight is 393 g/mol. The SMILES string of the molecule is Fc1ccc(N2CCN(c3ccnc(Nc4ccc5c(c4)OCO5)n3)CC2)cc1. The Morgan fingerprint density at radius 1 is 0.862 bits per heavy atom. The van der Waals surface area contributed by atoms with Crippen LogP contribution in [0, 0.1) is 5.82 Å². The molecule has 0 spiro atoms. The van der Waals surface area contributed by atoms with Crippen LogP contribution in [0.4, 0.5) is 27.5 Å². The number of ether oxygens (including phenoxy) is 2. The Hall–Kier alpha value is -3.55. The van der Waals surface area contributed by atoms with Gasteiger partial charge in [-0.1, -0.05) is 0 Å². The molecule has 3 heterocycles. The monoisotopic (exact) mass is 393 g/mol. The van der Waals surface area contributed by atoms with Gasteiger partial charge in [0.25, 0.3) is 0 Å². The van der Waals surface area contributed by atoms with E-state index in [9.17, 15) is 4.39 Å². The molecule has 0 amide bonds. The van der Waals surface area contributed by atoms with Crippen LogP contribution in [0.25, 0.3) is 0 Å². The van der Waals surface area contributed by atoms with Crippen LogP contribution in [0.3, 0.4) is 0 Å². The summed E-state index contributed by atoms with van der Waals surface area (Å²) in [5.41, 5.74) is 1.88. The predicted molar refractivity (Wildman–Crippen MR) is 109 cm³/mol. The van der Waals surface area contributed by atoms with Crippen LogP contribution in [-0.2, 0) is 0 Å². The molecule has 0 radical (unpaired) electrons. The van der Waals surface area contributed by atoms with Crippen molar-refractivity contribution in [3.05, 3.63) is 60.5 Å². The van der Waals surface area contributed by atoms with Crippen molar-refractivity contribution in [2.45, 2.75) is 0 Å². The number of benzene rings is 2. The van der Waals surface area contributed by atoms with Crippen molar-refractivity contribution >= 4 is 23.1 Å². The lowest BCUT2D eigenvalue weighted by atomic mass is 10.2. The second-order valence-electron chi connectivity index (χ2n) is 6.88. The van der Waals surface area contributed by atoms with E-state index in [1.54, 1.807) is 6.20 Å². The fourth-order valence-corrected chi connectivity index (χ4v) is 3.53. The number of nitrogens with one attached hydrogen (secondary N) is 1. The molecule has 0 unspecified atom stereocenters. The van der Waals surface area contributed by atoms with Crippen LogP contribution in [0.1, 0.15) is 0 Å². The van der Waals surface area contributed by atoms with Gasteiger partial charge in [-0.25, -0.2) is 9.37 Å². The largest absolute Gasteiger partial charge is 0.454 e. The summed E-state index contributed by atoms with van der Waals surface area (Å²) in [6.07, 6.45) is 1.75. The van der Waals surface area contributed by atoms with Gasteiger partial charge in [-0.3, -0.25) is 0 Å². The van der Waals surface area contributed by atoms with Gasteiger partial charge in [0.1, 0.15) is 11.6 Å². The number of aromatic nitrogens is 2. The molecule has 0 atom stereocenters. The van der Waals surface area contributed by atoms with Gasteiger partial charge >= 0.3 is 0 Å². The molecule has 0 bridgehead atoms. The van der Waals surface area contributed by atoms with Crippen LogP contribution in [0.2, 0.25) is 0 Å². The highest BCUT2D eigenvalue weighted by Crippen LogP contribution is 2.34. The molecule has 2 aromatic carbocycles. The first-order valence-corrected chi connectivity index (χ1v) is 9.50. The Kier molecular flexibility index (Phi) is 4.51. The third-order valence-electron chi connectivity index (χ3n) is 5.07. The highest BCUT2D eigenvalue weighted by atomic mass is 19.1. The van der Waals surface area contributed by atoms with Gasteiger partial charge in [0.2, 0.25) is 12.7 Å². The normalized spacial score (nSPS) is 15.5. The topological polar surface area (TPSA) is 62.8 Å². The van der Waals surface area contributed by atoms with E-state index in [0.717, 1.165) is 49.1 Å². The number of rotatable bonds is 4. The molecular formula is C21H20FN5O2. The summed E-state index contributed by atoms with van der Waals surface area (Å²) in [6.45, 7) is 3.60. The van der Waals surface area contributed by atoms with E-state index in [-0.39, 0.29) is 12.6 Å². The molecule has 3 aromatic rings. The number of piperazine rings is 1. The number of halogens is 1. The molecule has 2 aliphatic rings. The molecule has 1 saturated heterocycles. The maximum atomic E-state index is 13.1. The molecule has 1 aromatic heterocycles. The van der Waals surface area contributed by atoms with E-state index in [4.69, 9.17) is 9.47 Å². The second kappa shape index (κ2) is 7.46. The summed E-state index contributed by atoms with van der Waals surface area (Å²) >= 11 is 0. The molecule has 148 valence electrons. The second-order valence-corrected chi connectivity index (χ2v) is 6.88. The Bertz CT molecular complexity index is 1010. The molecule has 1 fully saturated rings. The van der Waals surface area contributed by atoms with Gasteiger partial charge in [-0.15, -0.1) is 0 Å². The van der Waals surface area contributed by atoms with Crippen molar-refractivity contribution in [1.82, 2.24) is 9.97 Å². The molecule has 1 N–H and O–H groups in total. The lowest BCUT2D eigenvalue weighted by Crippen LogP contribution is -2.46. The third kappa shape index (κ3) is 3.73. The Morgan fingerprint density at radius 3 is 2.45 bits per heavy atom. The maximum Gasteiger partial charge on any atom is 0.231 e. The summed E-state index contributed by atoms with van der Waals surface area (Å²) in [6, 6.07) is 14.2. The van der Waals surface area contributed by atoms with Crippen molar-refractivity contribution < 1.29 is 13.9 Å². The van der Waals surface area contributed by atoms with Crippen LogP contribution in [0.5, 0.6) is 11.5 Å². The number of fused-ring (bicyclic) bond motifs is 1. The Balaban J connectivity index is 1.25. The van der Waals surface area contributed by atoms with Gasteiger partial charge in [-0.05, 0) is 42.5 Å². The van der Waals surface area contributed by atoms with Crippen molar-refractivity contribution in [3.63, 3.8) is 0 Å². The number of hydrogen-bond acceptors (Lipinski definition) is 7. The average Bonchev–Trinajstić information content (AvgIpc) is 3.23. The summed E-state index contributed by atoms with van der Waals surface area (Å²) in [7, 11) is 0. The zero-order valence-electron chi connectivity index (χ0n) is 15.7. The minimum atomic E-state index is -0.212. The summed E-state index contributed by atoms with van der Waals surface area (Å²) in [4.78, 5) is 13.5. The lowest BCUT2D eigenvalue weighted by molar-refractivity contribution is 0.174. The number of hydrogen-bond donors (Lipinski definition) is 1. The van der Waals surface area contributed by atoms with E-state index < -0.39 is 0 Å². The Morgan fingerprint density at radius 2 is 1.62 bits per heavy atom. The smallest absolute Gasteiger partial charge is 0.231 e. The lowest BCUT2D eigenvalue weighted by Gasteiger charge is -2.36. The molecule has 0 saturated carbocycles. The quantitative estimate of drug-likeness (QED) is 0.729. The van der Waals surface area contributed by atoms with E-state index in [2.05, 4.69) is 25.1 Å². The molecule has 7 nitrogen and oxygen atoms in total. The zero-order valence-corrected chi connectivity index (χ0v) is 15.7. The van der Waals surface area contributed by atoms with Crippen LogP contribution in [-0.4, -0.2) is 42.9 Å². The highest BCUT2D eigenvalue weighted by Gasteiger charge is 2.19. The van der Waals surface area contributed by atoms with Gasteiger partial charge in [0, 0.05) is 49.8 Å². The fourth-order valence-electron chi connectivity index (χ4n) is 3.53. The van der Waals surface area contributed by atoms with E-state index in [1.165, 1.54) is 12.1 Å². The van der Waals surface area contributed by atoms with Crippen LogP contribution >= 0.6 is 0 Å². The highest BCUT2D eigenvalue weighted by molar-refractivity contribution is 5.61. The van der Waals surface area contributed by atoms with Gasteiger partial charge in [0.15, 0.2) is 11.5 Å². The summed E-state index contributed by atoms with van der Waals surface area (Å²) in [5.74, 6) is 2.65. The van der Waals surface area contributed by atoms with Gasteiger partial charge < -0.3 is 24.6 Å². The van der Waals surface area contributed by atoms with Crippen molar-refractivity contribution in [2.75, 3.05) is 48.1 Å². The molecule has 0 aliphatic carbocycles. The minimum absolute atomic E-state index is 0.212. The fraction of sp³-hybridized carbons (Fsp3) is 0.238. The van der Waals surface area contributed by atoms with Crippen LogP contribution in [0.15, 0.2) is 54.7 Å². The zero-order chi connectivity index (χ0) is 19.6. The van der Waals surface area contributed by atoms with Crippen molar-refractivity contribution in [1.29, 1.82) is 0 Å². The first-order valence-electron chi connectivity index (χ1n) is 9.50. The van der Waals surface area contributed by atoms with E-state index in [0.29, 0.717) is 11.7 Å². The molecular weight excluding hydrogens is 373 g/mol. The summed E-state index contributed by atoms with van der Waals surface area (Å²) < 4.78 is 23.9. The number of anilines is 4. The van der Waals surface area contributed by atoms with Crippen molar-refractivity contribution in [2.24, 2.45) is 0 Å². The predicted octanol–water partition coefficient (Wildman–Crippen LogP) is 3.41. The molecule has 5 rings (SSSR count). The third-order valence-corrected chi connectivity index (χ3v) is 5.07. The first kappa shape index (κ1) is 17.5. The molecule has 29 heavy (non-hydrogen) atoms. The Labute approximate surface area is 167 Å². The standard InChI is InChI=1S/C21H20FN5O2/c22-15-1-4-17(5-2-15)26-9-11-27(12-10-26)20-7-8-23-21(25-20)24-16-3-6-18-19(13-16)29-14-28-18/h1-8,13H,9-12,14H2,(H,23,24,25). The molecule has 8 heteroatoms. The molecule has 2 aliphatic heterocycles. The van der Waals surface area contributed by atoms with Crippen molar-refractivity contribution in [3.8, 4) is 11.5 Å². The van der Waals surface area contributed by atoms with E-state index >= 15 is 0 Å². The first-order chi connectivity index (χ1) is 14.2.